The van der Waals surface area contributed by atoms with Crippen molar-refractivity contribution >= 4 is 11.9 Å². The van der Waals surface area contributed by atoms with E-state index in [0.29, 0.717) is 0 Å². The zero-order valence-electron chi connectivity index (χ0n) is 16.9. The number of aromatic nitrogens is 2. The minimum Gasteiger partial charge on any atom is -0.352 e. The Morgan fingerprint density at radius 1 is 1.10 bits per heavy atom. The number of rotatable bonds is 7. The molecule has 0 saturated carbocycles. The van der Waals surface area contributed by atoms with Crippen molar-refractivity contribution < 1.29 is 14.0 Å². The maximum Gasteiger partial charge on any atom is 0.312 e. The second-order valence-corrected chi connectivity index (χ2v) is 6.96. The summed E-state index contributed by atoms with van der Waals surface area (Å²) in [5, 5.41) is 9.83. The predicted molar refractivity (Wildman–Crippen MR) is 111 cm³/mol. The van der Waals surface area contributed by atoms with Gasteiger partial charge in [0.15, 0.2) is 0 Å². The van der Waals surface area contributed by atoms with Gasteiger partial charge in [-0.05, 0) is 32.0 Å². The van der Waals surface area contributed by atoms with Crippen LogP contribution in [0.4, 0.5) is 9.18 Å². The van der Waals surface area contributed by atoms with Gasteiger partial charge >= 0.3 is 6.03 Å². The number of halogens is 1. The van der Waals surface area contributed by atoms with E-state index in [1.807, 2.05) is 48.9 Å². The summed E-state index contributed by atoms with van der Waals surface area (Å²) in [4.78, 5) is 23.9. The lowest BCUT2D eigenvalue weighted by atomic mass is 10.0. The maximum absolute atomic E-state index is 14.1. The van der Waals surface area contributed by atoms with E-state index < -0.39 is 17.9 Å². The Kier molecular flexibility index (Phi) is 6.46. The summed E-state index contributed by atoms with van der Waals surface area (Å²) in [5.41, 5.74) is 8.96. The maximum atomic E-state index is 14.1. The standard InChI is InChI=1S/C22H24FN5O2/c1-14-18(15(2)28(27-14)16-8-4-3-5-9-16)13-25-21(29)12-20(26-22(24)30)17-10-6-7-11-19(17)23/h3-11,20H,12-13H2,1-2H3,(H,25,29)(H3,24,26,30)/t20-/m1/s1. The number of aryl methyl sites for hydroxylation is 1. The number of benzene rings is 2. The molecule has 0 bridgehead atoms. The van der Waals surface area contributed by atoms with Crippen LogP contribution in [0.15, 0.2) is 54.6 Å². The molecule has 3 aromatic rings. The van der Waals surface area contributed by atoms with E-state index in [4.69, 9.17) is 5.73 Å². The minimum absolute atomic E-state index is 0.144. The SMILES string of the molecule is Cc1nn(-c2ccccc2)c(C)c1CNC(=O)C[C@@H](NC(N)=O)c1ccccc1F. The first-order valence-corrected chi connectivity index (χ1v) is 9.54. The van der Waals surface area contributed by atoms with E-state index >= 15 is 0 Å². The van der Waals surface area contributed by atoms with E-state index in [1.54, 1.807) is 6.07 Å². The summed E-state index contributed by atoms with van der Waals surface area (Å²) in [7, 11) is 0. The average Bonchev–Trinajstić information content (AvgIpc) is 3.00. The third-order valence-corrected chi connectivity index (χ3v) is 4.89. The van der Waals surface area contributed by atoms with Crippen molar-refractivity contribution in [1.82, 2.24) is 20.4 Å². The monoisotopic (exact) mass is 409 g/mol. The van der Waals surface area contributed by atoms with Crippen LogP contribution in [-0.2, 0) is 11.3 Å². The van der Waals surface area contributed by atoms with Crippen molar-refractivity contribution in [1.29, 1.82) is 0 Å². The molecule has 2 aromatic carbocycles. The number of carbonyl (C=O) groups is 2. The molecule has 1 atom stereocenters. The molecule has 0 spiro atoms. The van der Waals surface area contributed by atoms with Crippen LogP contribution >= 0.6 is 0 Å². The minimum atomic E-state index is -0.863. The van der Waals surface area contributed by atoms with Crippen LogP contribution in [0.3, 0.4) is 0 Å². The molecular weight excluding hydrogens is 385 g/mol. The van der Waals surface area contributed by atoms with Gasteiger partial charge in [-0.15, -0.1) is 0 Å². The molecule has 0 fully saturated rings. The summed E-state index contributed by atoms with van der Waals surface area (Å²) in [5.74, 6) is -0.858. The van der Waals surface area contributed by atoms with Gasteiger partial charge in [0.25, 0.3) is 0 Å². The van der Waals surface area contributed by atoms with Crippen LogP contribution in [0, 0.1) is 19.7 Å². The molecule has 3 rings (SSSR count). The van der Waals surface area contributed by atoms with Gasteiger partial charge in [-0.2, -0.15) is 5.10 Å². The normalized spacial score (nSPS) is 11.7. The lowest BCUT2D eigenvalue weighted by molar-refractivity contribution is -0.121. The number of amides is 3. The van der Waals surface area contributed by atoms with Crippen molar-refractivity contribution in [3.63, 3.8) is 0 Å². The Labute approximate surface area is 174 Å². The van der Waals surface area contributed by atoms with Crippen LogP contribution in [0.2, 0.25) is 0 Å². The van der Waals surface area contributed by atoms with Gasteiger partial charge in [0.05, 0.1) is 23.8 Å². The highest BCUT2D eigenvalue weighted by Crippen LogP contribution is 2.21. The molecule has 0 saturated heterocycles. The van der Waals surface area contributed by atoms with Gasteiger partial charge in [0.1, 0.15) is 5.82 Å². The zero-order valence-corrected chi connectivity index (χ0v) is 16.9. The Morgan fingerprint density at radius 2 is 1.77 bits per heavy atom. The second kappa shape index (κ2) is 9.21. The number of hydrogen-bond acceptors (Lipinski definition) is 3. The van der Waals surface area contributed by atoms with Gasteiger partial charge in [-0.1, -0.05) is 36.4 Å². The first-order valence-electron chi connectivity index (χ1n) is 9.54. The molecule has 0 radical (unpaired) electrons. The number of hydrogen-bond donors (Lipinski definition) is 3. The highest BCUT2D eigenvalue weighted by Gasteiger charge is 2.21. The molecule has 3 amide bonds. The number of nitrogens with two attached hydrogens (primary N) is 1. The number of para-hydroxylation sites is 1. The Morgan fingerprint density at radius 3 is 2.43 bits per heavy atom. The van der Waals surface area contributed by atoms with Gasteiger partial charge in [-0.25, -0.2) is 13.9 Å². The third-order valence-electron chi connectivity index (χ3n) is 4.89. The smallest absolute Gasteiger partial charge is 0.312 e. The second-order valence-electron chi connectivity index (χ2n) is 6.96. The quantitative estimate of drug-likeness (QED) is 0.559. The van der Waals surface area contributed by atoms with Crippen molar-refractivity contribution in [2.45, 2.75) is 32.9 Å². The fraction of sp³-hybridized carbons (Fsp3) is 0.227. The molecule has 30 heavy (non-hydrogen) atoms. The van der Waals surface area contributed by atoms with E-state index in [-0.39, 0.29) is 24.4 Å². The fourth-order valence-electron chi connectivity index (χ4n) is 3.36. The summed E-state index contributed by atoms with van der Waals surface area (Å²) >= 11 is 0. The molecule has 0 unspecified atom stereocenters. The van der Waals surface area contributed by atoms with E-state index in [1.165, 1.54) is 18.2 Å². The van der Waals surface area contributed by atoms with Crippen LogP contribution in [0.25, 0.3) is 5.69 Å². The van der Waals surface area contributed by atoms with Crippen LogP contribution in [0.5, 0.6) is 0 Å². The highest BCUT2D eigenvalue weighted by atomic mass is 19.1. The third kappa shape index (κ3) is 4.83. The van der Waals surface area contributed by atoms with Crippen molar-refractivity contribution in [3.05, 3.63) is 82.9 Å². The Balaban J connectivity index is 1.71. The van der Waals surface area contributed by atoms with Crippen LogP contribution in [-0.4, -0.2) is 21.7 Å². The number of nitrogens with zero attached hydrogens (tertiary/aromatic N) is 2. The topological polar surface area (TPSA) is 102 Å². The van der Waals surface area contributed by atoms with Crippen LogP contribution < -0.4 is 16.4 Å². The number of primary amides is 1. The zero-order chi connectivity index (χ0) is 21.7. The molecule has 8 heteroatoms. The van der Waals surface area contributed by atoms with E-state index in [0.717, 1.165) is 22.6 Å². The summed E-state index contributed by atoms with van der Waals surface area (Å²) in [6.45, 7) is 4.08. The van der Waals surface area contributed by atoms with Crippen LogP contribution in [0.1, 0.15) is 35.0 Å². The summed E-state index contributed by atoms with van der Waals surface area (Å²) in [6.07, 6.45) is -0.144. The molecule has 0 aliphatic carbocycles. The molecule has 4 N–H and O–H groups in total. The van der Waals surface area contributed by atoms with E-state index in [9.17, 15) is 14.0 Å². The molecule has 0 aliphatic rings. The molecular formula is C22H24FN5O2. The summed E-state index contributed by atoms with van der Waals surface area (Å²) < 4.78 is 16.0. The molecule has 0 aliphatic heterocycles. The lowest BCUT2D eigenvalue weighted by Gasteiger charge is -2.18. The lowest BCUT2D eigenvalue weighted by Crippen LogP contribution is -2.37. The predicted octanol–water partition coefficient (Wildman–Crippen LogP) is 3.04. The highest BCUT2D eigenvalue weighted by molar-refractivity contribution is 5.78. The fourth-order valence-corrected chi connectivity index (χ4v) is 3.36. The molecule has 7 nitrogen and oxygen atoms in total. The Bertz CT molecular complexity index is 1050. The largest absolute Gasteiger partial charge is 0.352 e. The first-order chi connectivity index (χ1) is 14.4. The van der Waals surface area contributed by atoms with Gasteiger partial charge in [0, 0.05) is 23.4 Å². The Hall–Kier alpha value is -3.68. The number of urea groups is 1. The van der Waals surface area contributed by atoms with Gasteiger partial charge in [0.2, 0.25) is 5.91 Å². The first kappa shape index (κ1) is 21.0. The average molecular weight is 409 g/mol. The van der Waals surface area contributed by atoms with Crippen molar-refractivity contribution in [2.24, 2.45) is 5.73 Å². The van der Waals surface area contributed by atoms with E-state index in [2.05, 4.69) is 15.7 Å². The van der Waals surface area contributed by atoms with Crippen molar-refractivity contribution in [2.75, 3.05) is 0 Å². The van der Waals surface area contributed by atoms with Crippen molar-refractivity contribution in [3.8, 4) is 5.69 Å². The molecule has 1 heterocycles. The number of nitrogens with one attached hydrogen (secondary N) is 2. The number of carbonyl (C=O) groups excluding carboxylic acids is 2. The summed E-state index contributed by atoms with van der Waals surface area (Å²) in [6, 6.07) is 14.0. The molecule has 156 valence electrons. The molecule has 1 aromatic heterocycles. The van der Waals surface area contributed by atoms with Gasteiger partial charge < -0.3 is 16.4 Å². The van der Waals surface area contributed by atoms with Gasteiger partial charge in [-0.3, -0.25) is 4.79 Å².